The average Bonchev–Trinajstić information content (AvgIpc) is 1.86. The fourth-order valence-corrected chi connectivity index (χ4v) is 0.515. The molecule has 0 aromatic carbocycles. The Hall–Kier alpha value is -0.500. The highest BCUT2D eigenvalue weighted by atomic mass is 16.5. The maximum absolute atomic E-state index is 9.45. The Labute approximate surface area is 68.9 Å². The van der Waals surface area contributed by atoms with Crippen LogP contribution in [0, 0.1) is 5.41 Å². The molecule has 11 heavy (non-hydrogen) atoms. The van der Waals surface area contributed by atoms with Gasteiger partial charge in [0.25, 0.3) is 0 Å². The zero-order valence-electron chi connectivity index (χ0n) is 7.79. The summed E-state index contributed by atoms with van der Waals surface area (Å²) in [4.78, 5) is 0. The fourth-order valence-electron chi connectivity index (χ4n) is 0.515. The highest BCUT2D eigenvalue weighted by Gasteiger charge is 2.18. The monoisotopic (exact) mass is 158 g/mol. The topological polar surface area (TPSA) is 29.5 Å². The molecule has 1 N–H and O–H groups in total. The Balaban J connectivity index is 3.77. The molecule has 0 heterocycles. The van der Waals surface area contributed by atoms with Crippen molar-refractivity contribution in [1.82, 2.24) is 0 Å². The summed E-state index contributed by atoms with van der Waals surface area (Å²) in [5.74, 6) is 0. The van der Waals surface area contributed by atoms with E-state index < -0.39 is 6.10 Å². The Morgan fingerprint density at radius 1 is 1.45 bits per heavy atom. The summed E-state index contributed by atoms with van der Waals surface area (Å²) in [6.45, 7) is 8.50. The summed E-state index contributed by atoms with van der Waals surface area (Å²) >= 11 is 0. The third-order valence-electron chi connectivity index (χ3n) is 1.41. The van der Waals surface area contributed by atoms with Crippen LogP contribution in [-0.4, -0.2) is 17.8 Å². The molecule has 66 valence electrons. The molecule has 0 spiro atoms. The first-order valence-electron chi connectivity index (χ1n) is 3.95. The highest BCUT2D eigenvalue weighted by molar-refractivity contribution is 4.90. The summed E-state index contributed by atoms with van der Waals surface area (Å²) in [7, 11) is 0. The van der Waals surface area contributed by atoms with Gasteiger partial charge in [-0.1, -0.05) is 20.8 Å². The fraction of sp³-hybridized carbons (Fsp3) is 0.778. The Morgan fingerprint density at radius 3 is 2.36 bits per heavy atom. The number of aliphatic hydroxyl groups is 1. The third-order valence-corrected chi connectivity index (χ3v) is 1.41. The van der Waals surface area contributed by atoms with Crippen molar-refractivity contribution >= 4 is 0 Å². The van der Waals surface area contributed by atoms with Crippen LogP contribution in [-0.2, 0) is 4.74 Å². The summed E-state index contributed by atoms with van der Waals surface area (Å²) in [5.41, 5.74) is -0.104. The first-order valence-corrected chi connectivity index (χ1v) is 3.95. The van der Waals surface area contributed by atoms with E-state index in [1.54, 1.807) is 12.3 Å². The second-order valence-electron chi connectivity index (χ2n) is 3.59. The third kappa shape index (κ3) is 4.85. The lowest BCUT2D eigenvalue weighted by atomic mass is 9.89. The molecule has 0 aliphatic heterocycles. The SMILES string of the molecule is CCO/C=C/C(O)C(C)(C)C. The van der Waals surface area contributed by atoms with Crippen LogP contribution in [0.1, 0.15) is 27.7 Å². The van der Waals surface area contributed by atoms with E-state index in [4.69, 9.17) is 4.74 Å². The van der Waals surface area contributed by atoms with Crippen molar-refractivity contribution in [3.63, 3.8) is 0 Å². The van der Waals surface area contributed by atoms with E-state index in [0.717, 1.165) is 0 Å². The lowest BCUT2D eigenvalue weighted by Gasteiger charge is -2.22. The van der Waals surface area contributed by atoms with Crippen LogP contribution in [0.4, 0.5) is 0 Å². The van der Waals surface area contributed by atoms with E-state index in [0.29, 0.717) is 6.61 Å². The maximum atomic E-state index is 9.45. The van der Waals surface area contributed by atoms with Gasteiger partial charge in [0.05, 0.1) is 19.0 Å². The van der Waals surface area contributed by atoms with Crippen LogP contribution in [0.15, 0.2) is 12.3 Å². The van der Waals surface area contributed by atoms with Crippen molar-refractivity contribution < 1.29 is 9.84 Å². The van der Waals surface area contributed by atoms with Gasteiger partial charge in [0.15, 0.2) is 0 Å². The van der Waals surface area contributed by atoms with E-state index >= 15 is 0 Å². The molecule has 0 saturated heterocycles. The predicted molar refractivity (Wildman–Crippen MR) is 46.2 cm³/mol. The highest BCUT2D eigenvalue weighted by Crippen LogP contribution is 2.19. The normalized spacial score (nSPS) is 15.4. The lowest BCUT2D eigenvalue weighted by molar-refractivity contribution is 0.102. The van der Waals surface area contributed by atoms with Gasteiger partial charge in [-0.05, 0) is 18.4 Å². The first kappa shape index (κ1) is 10.5. The summed E-state index contributed by atoms with van der Waals surface area (Å²) in [6.07, 6.45) is 2.79. The van der Waals surface area contributed by atoms with E-state index in [2.05, 4.69) is 0 Å². The summed E-state index contributed by atoms with van der Waals surface area (Å²) < 4.78 is 4.96. The minimum Gasteiger partial charge on any atom is -0.502 e. The minimum absolute atomic E-state index is 0.104. The molecule has 0 aromatic rings. The van der Waals surface area contributed by atoms with Crippen LogP contribution >= 0.6 is 0 Å². The van der Waals surface area contributed by atoms with Crippen molar-refractivity contribution in [2.45, 2.75) is 33.8 Å². The number of hydrogen-bond donors (Lipinski definition) is 1. The largest absolute Gasteiger partial charge is 0.502 e. The van der Waals surface area contributed by atoms with Crippen LogP contribution in [0.25, 0.3) is 0 Å². The molecular formula is C9H18O2. The van der Waals surface area contributed by atoms with Gasteiger partial charge in [-0.15, -0.1) is 0 Å². The zero-order valence-corrected chi connectivity index (χ0v) is 7.79. The molecule has 2 heteroatoms. The molecule has 0 aromatic heterocycles. The number of aliphatic hydroxyl groups excluding tert-OH is 1. The molecule has 1 atom stereocenters. The molecule has 0 rings (SSSR count). The van der Waals surface area contributed by atoms with E-state index in [1.807, 2.05) is 27.7 Å². The summed E-state index contributed by atoms with van der Waals surface area (Å²) in [6, 6.07) is 0. The van der Waals surface area contributed by atoms with E-state index in [9.17, 15) is 5.11 Å². The van der Waals surface area contributed by atoms with Crippen LogP contribution in [0.5, 0.6) is 0 Å². The van der Waals surface area contributed by atoms with Gasteiger partial charge in [0.2, 0.25) is 0 Å². The molecule has 0 amide bonds. The Bertz CT molecular complexity index is 122. The molecule has 1 unspecified atom stereocenters. The molecule has 0 fully saturated rings. The molecule has 0 bridgehead atoms. The van der Waals surface area contributed by atoms with Crippen molar-refractivity contribution in [1.29, 1.82) is 0 Å². The standard InChI is InChI=1S/C9H18O2/c1-5-11-7-6-8(10)9(2,3)4/h6-8,10H,5H2,1-4H3/b7-6+. The van der Waals surface area contributed by atoms with Gasteiger partial charge in [-0.3, -0.25) is 0 Å². The molecule has 0 radical (unpaired) electrons. The van der Waals surface area contributed by atoms with Crippen molar-refractivity contribution in [3.8, 4) is 0 Å². The quantitative estimate of drug-likeness (QED) is 0.636. The number of hydrogen-bond acceptors (Lipinski definition) is 2. The summed E-state index contributed by atoms with van der Waals surface area (Å²) in [5, 5.41) is 9.45. The second-order valence-corrected chi connectivity index (χ2v) is 3.59. The molecule has 0 aliphatic rings. The molecule has 0 aliphatic carbocycles. The molecule has 0 saturated carbocycles. The van der Waals surface area contributed by atoms with Gasteiger partial charge >= 0.3 is 0 Å². The lowest BCUT2D eigenvalue weighted by Crippen LogP contribution is -2.23. The Morgan fingerprint density at radius 2 is 2.00 bits per heavy atom. The van der Waals surface area contributed by atoms with Gasteiger partial charge in [-0.25, -0.2) is 0 Å². The average molecular weight is 158 g/mol. The maximum Gasteiger partial charge on any atom is 0.0845 e. The van der Waals surface area contributed by atoms with Crippen molar-refractivity contribution in [2.75, 3.05) is 6.61 Å². The van der Waals surface area contributed by atoms with Gasteiger partial charge < -0.3 is 9.84 Å². The van der Waals surface area contributed by atoms with E-state index in [-0.39, 0.29) is 5.41 Å². The van der Waals surface area contributed by atoms with Crippen LogP contribution in [0.3, 0.4) is 0 Å². The van der Waals surface area contributed by atoms with Gasteiger partial charge in [0, 0.05) is 0 Å². The van der Waals surface area contributed by atoms with Crippen LogP contribution in [0.2, 0.25) is 0 Å². The van der Waals surface area contributed by atoms with Crippen molar-refractivity contribution in [3.05, 3.63) is 12.3 Å². The minimum atomic E-state index is -0.436. The van der Waals surface area contributed by atoms with E-state index in [1.165, 1.54) is 0 Å². The van der Waals surface area contributed by atoms with Gasteiger partial charge in [0.1, 0.15) is 0 Å². The molecule has 2 nitrogen and oxygen atoms in total. The van der Waals surface area contributed by atoms with Crippen LogP contribution < -0.4 is 0 Å². The number of rotatable bonds is 3. The van der Waals surface area contributed by atoms with Crippen molar-refractivity contribution in [2.24, 2.45) is 5.41 Å². The second kappa shape index (κ2) is 4.39. The first-order chi connectivity index (χ1) is 4.98. The Kier molecular flexibility index (Phi) is 4.19. The van der Waals surface area contributed by atoms with Gasteiger partial charge in [-0.2, -0.15) is 0 Å². The molecular weight excluding hydrogens is 140 g/mol. The zero-order chi connectivity index (χ0) is 8.91. The smallest absolute Gasteiger partial charge is 0.0845 e. The predicted octanol–water partition coefficient (Wildman–Crippen LogP) is 1.94. The number of ether oxygens (including phenoxy) is 1.